The molecule has 2 rings (SSSR count). The van der Waals surface area contributed by atoms with Gasteiger partial charge in [0.25, 0.3) is 0 Å². The van der Waals surface area contributed by atoms with Crippen molar-refractivity contribution in [3.8, 4) is 30.4 Å². The third-order valence-electron chi connectivity index (χ3n) is 3.78. The van der Waals surface area contributed by atoms with E-state index in [9.17, 15) is 9.18 Å². The number of carbonyl (C=O) groups is 1. The van der Waals surface area contributed by atoms with Crippen molar-refractivity contribution in [3.63, 3.8) is 0 Å². The van der Waals surface area contributed by atoms with Crippen LogP contribution in [-0.4, -0.2) is 45.5 Å². The predicted octanol–water partition coefficient (Wildman–Crippen LogP) is 1.31. The molecule has 1 fully saturated rings. The molecule has 0 radical (unpaired) electrons. The van der Waals surface area contributed by atoms with Gasteiger partial charge in [0.05, 0.1) is 25.4 Å². The van der Waals surface area contributed by atoms with Crippen LogP contribution in [0.4, 0.5) is 10.1 Å². The highest BCUT2D eigenvalue weighted by molar-refractivity contribution is 5.92. The van der Waals surface area contributed by atoms with Crippen LogP contribution in [0.5, 0.6) is 5.75 Å². The second kappa shape index (κ2) is 9.52. The maximum atomic E-state index is 14.1. The van der Waals surface area contributed by atoms with E-state index >= 15 is 0 Å². The molecule has 0 spiro atoms. The summed E-state index contributed by atoms with van der Waals surface area (Å²) in [6, 6.07) is 6.87. The maximum Gasteiger partial charge on any atom is 0.355 e. The summed E-state index contributed by atoms with van der Waals surface area (Å²) >= 11 is 0. The second-order valence-corrected chi connectivity index (χ2v) is 5.31. The minimum atomic E-state index is -0.947. The predicted molar refractivity (Wildman–Crippen MR) is 91.8 cm³/mol. The fourth-order valence-corrected chi connectivity index (χ4v) is 2.41. The molecule has 138 valence electrons. The lowest BCUT2D eigenvalue weighted by molar-refractivity contribution is -0.0463. The van der Waals surface area contributed by atoms with Crippen molar-refractivity contribution in [3.05, 3.63) is 23.5 Å². The molecule has 1 aromatic rings. The minimum Gasteiger partial charge on any atom is -0.495 e. The molecule has 0 aliphatic carbocycles. The third-order valence-corrected chi connectivity index (χ3v) is 3.78. The van der Waals surface area contributed by atoms with E-state index < -0.39 is 11.8 Å². The average Bonchev–Trinajstić information content (AvgIpc) is 2.65. The Bertz CT molecular complexity index is 750. The number of hydrogen-bond donors (Lipinski definition) is 2. The fraction of sp³-hybridized carbons (Fsp3) is 0.389. The molecule has 2 atom stereocenters. The normalized spacial score (nSPS) is 18.7. The van der Waals surface area contributed by atoms with Crippen LogP contribution < -0.4 is 15.4 Å². The van der Waals surface area contributed by atoms with Gasteiger partial charge in [-0.1, -0.05) is 6.42 Å². The van der Waals surface area contributed by atoms with Gasteiger partial charge >= 0.3 is 5.97 Å². The molecule has 1 aromatic carbocycles. The molecule has 0 saturated carbocycles. The first-order valence-corrected chi connectivity index (χ1v) is 7.77. The van der Waals surface area contributed by atoms with Gasteiger partial charge in [0, 0.05) is 31.9 Å². The fourth-order valence-electron chi connectivity index (χ4n) is 2.41. The van der Waals surface area contributed by atoms with Crippen LogP contribution in [0.2, 0.25) is 0 Å². The number of anilines is 1. The lowest BCUT2D eigenvalue weighted by atomic mass is 10.1. The first-order chi connectivity index (χ1) is 12.6. The molecule has 8 heteroatoms. The number of ether oxygens (including phenoxy) is 4. The van der Waals surface area contributed by atoms with Crippen LogP contribution in [0.25, 0.3) is 0 Å². The quantitative estimate of drug-likeness (QED) is 0.464. The number of methoxy groups -OCH3 is 2. The zero-order valence-electron chi connectivity index (χ0n) is 14.4. The van der Waals surface area contributed by atoms with E-state index in [1.165, 1.54) is 13.2 Å². The summed E-state index contributed by atoms with van der Waals surface area (Å²) in [5.41, 5.74) is -0.0959. The third kappa shape index (κ3) is 4.79. The Morgan fingerprint density at radius 2 is 2.23 bits per heavy atom. The van der Waals surface area contributed by atoms with Gasteiger partial charge in [-0.3, -0.25) is 0 Å². The van der Waals surface area contributed by atoms with Gasteiger partial charge in [0.2, 0.25) is 0 Å². The Kier molecular flexibility index (Phi) is 7.10. The smallest absolute Gasteiger partial charge is 0.355 e. The second-order valence-electron chi connectivity index (χ2n) is 5.31. The van der Waals surface area contributed by atoms with Crippen LogP contribution in [0, 0.1) is 30.4 Å². The van der Waals surface area contributed by atoms with Gasteiger partial charge in [0.1, 0.15) is 29.3 Å². The largest absolute Gasteiger partial charge is 0.495 e. The average molecular weight is 362 g/mol. The van der Waals surface area contributed by atoms with E-state index in [0.717, 1.165) is 6.07 Å². The van der Waals surface area contributed by atoms with Gasteiger partial charge in [-0.15, -0.1) is 0 Å². The van der Waals surface area contributed by atoms with Crippen molar-refractivity contribution in [2.45, 2.75) is 18.6 Å². The maximum absolute atomic E-state index is 14.1. The zero-order valence-corrected chi connectivity index (χ0v) is 14.4. The number of carbonyl (C=O) groups excluding carboxylic acids is 1. The SMILES string of the molecule is C#CNc1cc(F)c(C(=O)OC#CN[C@@H]2CCOC[C@@H]2OC)cc1OC. The molecule has 1 saturated heterocycles. The summed E-state index contributed by atoms with van der Waals surface area (Å²) in [7, 11) is 2.95. The van der Waals surface area contributed by atoms with Crippen LogP contribution in [0.3, 0.4) is 0 Å². The first-order valence-electron chi connectivity index (χ1n) is 7.77. The molecular weight excluding hydrogens is 343 g/mol. The molecule has 2 N–H and O–H groups in total. The van der Waals surface area contributed by atoms with Crippen molar-refractivity contribution in [1.29, 1.82) is 0 Å². The molecular formula is C18H19FN2O5. The van der Waals surface area contributed by atoms with Crippen LogP contribution in [-0.2, 0) is 14.2 Å². The molecule has 1 aliphatic rings. The Morgan fingerprint density at radius 1 is 1.42 bits per heavy atom. The highest BCUT2D eigenvalue weighted by Gasteiger charge is 2.24. The van der Waals surface area contributed by atoms with E-state index in [1.54, 1.807) is 7.11 Å². The summed E-state index contributed by atoms with van der Waals surface area (Å²) in [6.45, 7) is 1.04. The number of esters is 1. The van der Waals surface area contributed by atoms with E-state index in [1.807, 2.05) is 0 Å². The summed E-state index contributed by atoms with van der Waals surface area (Å²) in [5.74, 6) is -1.56. The van der Waals surface area contributed by atoms with Gasteiger partial charge in [-0.05, 0) is 12.5 Å². The van der Waals surface area contributed by atoms with E-state index in [4.69, 9.17) is 25.4 Å². The lowest BCUT2D eigenvalue weighted by Gasteiger charge is -2.29. The number of hydrogen-bond acceptors (Lipinski definition) is 7. The van der Waals surface area contributed by atoms with E-state index in [0.29, 0.717) is 19.6 Å². The van der Waals surface area contributed by atoms with Crippen molar-refractivity contribution >= 4 is 11.7 Å². The highest BCUT2D eigenvalue weighted by Crippen LogP contribution is 2.28. The number of nitrogens with one attached hydrogen (secondary N) is 2. The van der Waals surface area contributed by atoms with Crippen LogP contribution in [0.15, 0.2) is 12.1 Å². The molecule has 0 unspecified atom stereocenters. The standard InChI is InChI=1S/C18H19FN2O5/c1-4-20-15-10-13(19)12(9-16(15)23-2)18(22)26-8-6-21-14-5-7-25-11-17(14)24-3/h1,9-10,14,17,20-21H,5,7,11H2,2-3H3/t14-,17+/m1/s1. The van der Waals surface area contributed by atoms with E-state index in [-0.39, 0.29) is 29.1 Å². The summed E-state index contributed by atoms with van der Waals surface area (Å²) in [5, 5.41) is 5.38. The van der Waals surface area contributed by atoms with Crippen molar-refractivity contribution in [1.82, 2.24) is 5.32 Å². The molecule has 0 bridgehead atoms. The molecule has 0 amide bonds. The van der Waals surface area contributed by atoms with Gasteiger partial charge in [0.15, 0.2) is 0 Å². The van der Waals surface area contributed by atoms with Crippen molar-refractivity contribution in [2.24, 2.45) is 0 Å². The summed E-state index contributed by atoms with van der Waals surface area (Å²) < 4.78 is 34.5. The Morgan fingerprint density at radius 3 is 2.92 bits per heavy atom. The van der Waals surface area contributed by atoms with Gasteiger partial charge in [-0.2, -0.15) is 0 Å². The summed E-state index contributed by atoms with van der Waals surface area (Å²) in [4.78, 5) is 12.0. The number of rotatable bonds is 5. The van der Waals surface area contributed by atoms with E-state index in [2.05, 4.69) is 28.8 Å². The van der Waals surface area contributed by atoms with Crippen LogP contribution >= 0.6 is 0 Å². The van der Waals surface area contributed by atoms with Crippen molar-refractivity contribution < 1.29 is 28.1 Å². The van der Waals surface area contributed by atoms with Crippen molar-refractivity contribution in [2.75, 3.05) is 32.8 Å². The molecule has 26 heavy (non-hydrogen) atoms. The van der Waals surface area contributed by atoms with Gasteiger partial charge < -0.3 is 29.6 Å². The monoisotopic (exact) mass is 362 g/mol. The molecule has 7 nitrogen and oxygen atoms in total. The number of terminal acetylenes is 1. The Balaban J connectivity index is 2.01. The first kappa shape index (κ1) is 19.4. The highest BCUT2D eigenvalue weighted by atomic mass is 19.1. The Labute approximate surface area is 151 Å². The Hall–Kier alpha value is -2.94. The molecule has 1 aliphatic heterocycles. The molecule has 1 heterocycles. The topological polar surface area (TPSA) is 78.1 Å². The molecule has 0 aromatic heterocycles. The van der Waals surface area contributed by atoms with Gasteiger partial charge in [-0.25, -0.2) is 9.18 Å². The lowest BCUT2D eigenvalue weighted by Crippen LogP contribution is -2.45. The summed E-state index contributed by atoms with van der Waals surface area (Å²) in [6.07, 6.45) is 7.90. The zero-order chi connectivity index (χ0) is 18.9. The number of benzene rings is 1. The minimum absolute atomic E-state index is 0.0501. The van der Waals surface area contributed by atoms with Crippen LogP contribution in [0.1, 0.15) is 16.8 Å². The number of halogens is 1.